The number of benzene rings is 1. The first-order valence-corrected chi connectivity index (χ1v) is 10.4. The predicted molar refractivity (Wildman–Crippen MR) is 108 cm³/mol. The normalized spacial score (nSPS) is 35.4. The van der Waals surface area contributed by atoms with Gasteiger partial charge in [0, 0.05) is 18.8 Å². The second-order valence-electron chi connectivity index (χ2n) is 9.37. The lowest BCUT2D eigenvalue weighted by atomic mass is 9.59. The lowest BCUT2D eigenvalue weighted by Crippen LogP contribution is -2.59. The van der Waals surface area contributed by atoms with Gasteiger partial charge in [-0.15, -0.1) is 0 Å². The van der Waals surface area contributed by atoms with E-state index in [0.29, 0.717) is 17.5 Å². The maximum atomic E-state index is 13.0. The second-order valence-corrected chi connectivity index (χ2v) is 9.37. The van der Waals surface area contributed by atoms with E-state index >= 15 is 0 Å². The number of nitrogens with one attached hydrogen (secondary N) is 1. The molecule has 2 heterocycles. The van der Waals surface area contributed by atoms with Gasteiger partial charge >= 0.3 is 0 Å². The minimum atomic E-state index is -0.0536. The van der Waals surface area contributed by atoms with Gasteiger partial charge in [0.05, 0.1) is 6.10 Å². The minimum absolute atomic E-state index is 0.0536. The zero-order valence-corrected chi connectivity index (χ0v) is 16.6. The van der Waals surface area contributed by atoms with Crippen LogP contribution in [0.1, 0.15) is 55.3 Å². The molecule has 2 aliphatic carbocycles. The molecule has 28 heavy (non-hydrogen) atoms. The summed E-state index contributed by atoms with van der Waals surface area (Å²) in [5.41, 5.74) is 1.96. The molecule has 3 fully saturated rings. The van der Waals surface area contributed by atoms with E-state index in [1.54, 1.807) is 12.3 Å². The molecule has 4 nitrogen and oxygen atoms in total. The van der Waals surface area contributed by atoms with E-state index in [-0.39, 0.29) is 28.9 Å². The number of ether oxygens (including phenoxy) is 1. The van der Waals surface area contributed by atoms with Crippen LogP contribution in [-0.4, -0.2) is 23.5 Å². The van der Waals surface area contributed by atoms with Gasteiger partial charge in [0.15, 0.2) is 0 Å². The fourth-order valence-corrected chi connectivity index (χ4v) is 6.46. The van der Waals surface area contributed by atoms with Gasteiger partial charge in [-0.05, 0) is 59.6 Å². The van der Waals surface area contributed by atoms with Crippen molar-refractivity contribution in [2.75, 3.05) is 6.61 Å². The Bertz CT molecular complexity index is 867. The van der Waals surface area contributed by atoms with Crippen LogP contribution >= 0.6 is 0 Å². The van der Waals surface area contributed by atoms with Gasteiger partial charge in [-0.25, -0.2) is 0 Å². The molecule has 146 valence electrons. The maximum Gasteiger partial charge on any atom is 0.270 e. The predicted octanol–water partition coefficient (Wildman–Crippen LogP) is 4.39. The van der Waals surface area contributed by atoms with Crippen LogP contribution in [0.2, 0.25) is 0 Å². The lowest BCUT2D eigenvalue weighted by molar-refractivity contribution is -0.120. The first kappa shape index (κ1) is 17.9. The van der Waals surface area contributed by atoms with E-state index in [1.807, 2.05) is 12.1 Å². The van der Waals surface area contributed by atoms with Crippen molar-refractivity contribution < 1.29 is 9.53 Å². The van der Waals surface area contributed by atoms with Gasteiger partial charge in [0.25, 0.3) is 5.91 Å². The Morgan fingerprint density at radius 1 is 1.14 bits per heavy atom. The van der Waals surface area contributed by atoms with Gasteiger partial charge in [0.2, 0.25) is 0 Å². The van der Waals surface area contributed by atoms with Crippen molar-refractivity contribution in [1.29, 1.82) is 0 Å². The van der Waals surface area contributed by atoms with E-state index in [0.717, 1.165) is 13.0 Å². The largest absolute Gasteiger partial charge is 0.373 e. The van der Waals surface area contributed by atoms with Crippen LogP contribution in [0.3, 0.4) is 0 Å². The first-order valence-electron chi connectivity index (χ1n) is 10.4. The summed E-state index contributed by atoms with van der Waals surface area (Å²) < 4.78 is 6.31. The Labute approximate surface area is 166 Å². The number of pyridine rings is 1. The van der Waals surface area contributed by atoms with Gasteiger partial charge in [-0.3, -0.25) is 9.78 Å². The zero-order valence-electron chi connectivity index (χ0n) is 16.6. The number of carbonyl (C=O) groups is 1. The van der Waals surface area contributed by atoms with Crippen molar-refractivity contribution in [1.82, 2.24) is 10.3 Å². The molecule has 2 saturated carbocycles. The summed E-state index contributed by atoms with van der Waals surface area (Å²) in [5.74, 6) is 1.01. The molecule has 0 radical (unpaired) electrons. The fraction of sp³-hybridized carbons (Fsp3) is 0.500. The molecule has 0 unspecified atom stereocenters. The van der Waals surface area contributed by atoms with Gasteiger partial charge in [0.1, 0.15) is 5.69 Å². The highest BCUT2D eigenvalue weighted by Crippen LogP contribution is 2.70. The van der Waals surface area contributed by atoms with Crippen LogP contribution in [0.15, 0.2) is 54.7 Å². The zero-order chi connectivity index (χ0) is 19.4. The number of carbonyl (C=O) groups excluding carboxylic acids is 1. The highest BCUT2D eigenvalue weighted by Gasteiger charge is 2.68. The summed E-state index contributed by atoms with van der Waals surface area (Å²) in [6.45, 7) is 5.42. The third kappa shape index (κ3) is 2.54. The number of nitrogens with zero attached hydrogens (tertiary/aromatic N) is 1. The second kappa shape index (κ2) is 6.41. The van der Waals surface area contributed by atoms with Gasteiger partial charge < -0.3 is 10.1 Å². The summed E-state index contributed by atoms with van der Waals surface area (Å²) in [6.07, 6.45) is 5.20. The molecular formula is C24H28N2O2. The molecule has 1 aromatic carbocycles. The van der Waals surface area contributed by atoms with E-state index < -0.39 is 0 Å². The maximum absolute atomic E-state index is 13.0. The van der Waals surface area contributed by atoms with Gasteiger partial charge in [-0.1, -0.05) is 50.2 Å². The van der Waals surface area contributed by atoms with Crippen molar-refractivity contribution in [2.24, 2.45) is 22.7 Å². The van der Waals surface area contributed by atoms with Crippen LogP contribution < -0.4 is 5.32 Å². The Morgan fingerprint density at radius 2 is 1.93 bits per heavy atom. The molecule has 1 N–H and O–H groups in total. The smallest absolute Gasteiger partial charge is 0.270 e. The summed E-state index contributed by atoms with van der Waals surface area (Å²) >= 11 is 0. The van der Waals surface area contributed by atoms with Crippen LogP contribution in [0.5, 0.6) is 0 Å². The van der Waals surface area contributed by atoms with Crippen molar-refractivity contribution in [3.05, 3.63) is 66.0 Å². The summed E-state index contributed by atoms with van der Waals surface area (Å²) in [6, 6.07) is 16.3. The molecule has 1 saturated heterocycles. The van der Waals surface area contributed by atoms with Crippen molar-refractivity contribution >= 4 is 5.91 Å². The summed E-state index contributed by atoms with van der Waals surface area (Å²) in [7, 11) is 0. The van der Waals surface area contributed by atoms with Gasteiger partial charge in [-0.2, -0.15) is 0 Å². The van der Waals surface area contributed by atoms with E-state index in [4.69, 9.17) is 4.74 Å². The molecular weight excluding hydrogens is 348 g/mol. The molecule has 1 amide bonds. The molecule has 4 heteroatoms. The fourth-order valence-electron chi connectivity index (χ4n) is 6.46. The molecule has 1 aromatic heterocycles. The Balaban J connectivity index is 1.48. The van der Waals surface area contributed by atoms with E-state index in [2.05, 4.69) is 54.5 Å². The summed E-state index contributed by atoms with van der Waals surface area (Å²) in [4.78, 5) is 17.2. The van der Waals surface area contributed by atoms with Crippen LogP contribution in [0.4, 0.5) is 0 Å². The SMILES string of the molecule is CC1(C)[C@@H]2C[C@@H]3[C@@H](c4ccccc4)OCC[C@]3(C2)[C@H]1NC(=O)c1ccccn1. The third-order valence-corrected chi connectivity index (χ3v) is 7.81. The van der Waals surface area contributed by atoms with E-state index in [1.165, 1.54) is 18.4 Å². The third-order valence-electron chi connectivity index (χ3n) is 7.81. The Kier molecular flexibility index (Phi) is 4.09. The average Bonchev–Trinajstić information content (AvgIpc) is 3.21. The van der Waals surface area contributed by atoms with Crippen LogP contribution in [0.25, 0.3) is 0 Å². The van der Waals surface area contributed by atoms with Crippen molar-refractivity contribution in [3.8, 4) is 0 Å². The Hall–Kier alpha value is -2.20. The number of amides is 1. The Morgan fingerprint density at radius 3 is 2.68 bits per heavy atom. The molecule has 5 rings (SSSR count). The number of rotatable bonds is 3. The quantitative estimate of drug-likeness (QED) is 0.864. The first-order chi connectivity index (χ1) is 13.5. The number of hydrogen-bond donors (Lipinski definition) is 1. The summed E-state index contributed by atoms with van der Waals surface area (Å²) in [5, 5.41) is 3.42. The van der Waals surface area contributed by atoms with E-state index in [9.17, 15) is 4.79 Å². The highest BCUT2D eigenvalue weighted by atomic mass is 16.5. The van der Waals surface area contributed by atoms with Crippen molar-refractivity contribution in [3.63, 3.8) is 0 Å². The standard InChI is InChI=1S/C24H28N2O2/c1-23(2)17-14-18-20(16-8-4-3-5-9-16)28-13-11-24(18,15-17)22(23)26-21(27)19-10-6-7-12-25-19/h3-10,12,17-18,20,22H,11,13-15H2,1-2H3,(H,26,27)/t17-,18-,20-,22+,24-/m1/s1. The van der Waals surface area contributed by atoms with Crippen LogP contribution in [-0.2, 0) is 4.74 Å². The van der Waals surface area contributed by atoms with Crippen LogP contribution in [0, 0.1) is 22.7 Å². The average molecular weight is 377 g/mol. The van der Waals surface area contributed by atoms with Crippen molar-refractivity contribution in [2.45, 2.75) is 45.3 Å². The molecule has 2 bridgehead atoms. The number of aromatic nitrogens is 1. The molecule has 1 spiro atoms. The number of fused-ring (bicyclic) bond motifs is 1. The molecule has 5 atom stereocenters. The number of hydrogen-bond acceptors (Lipinski definition) is 3. The molecule has 1 aliphatic heterocycles. The molecule has 3 aliphatic rings. The lowest BCUT2D eigenvalue weighted by Gasteiger charge is -2.53. The highest BCUT2D eigenvalue weighted by molar-refractivity contribution is 5.92. The monoisotopic (exact) mass is 376 g/mol. The topological polar surface area (TPSA) is 51.2 Å². The molecule has 2 aromatic rings. The minimum Gasteiger partial charge on any atom is -0.373 e.